The number of pyridine rings is 1. The minimum Gasteiger partial charge on any atom is -0.478 e. The minimum absolute atomic E-state index is 0.0259. The van der Waals surface area contributed by atoms with E-state index >= 15 is 0 Å². The van der Waals surface area contributed by atoms with Gasteiger partial charge in [0.05, 0.1) is 5.02 Å². The van der Waals surface area contributed by atoms with E-state index in [4.69, 9.17) is 16.7 Å². The van der Waals surface area contributed by atoms with Crippen molar-refractivity contribution in [3.63, 3.8) is 0 Å². The monoisotopic (exact) mass is 266 g/mol. The Balaban J connectivity index is 2.34. The van der Waals surface area contributed by atoms with E-state index in [1.165, 1.54) is 36.5 Å². The van der Waals surface area contributed by atoms with Crippen molar-refractivity contribution in [1.29, 1.82) is 0 Å². The predicted octanol–water partition coefficient (Wildman–Crippen LogP) is 3.32. The third-order valence-corrected chi connectivity index (χ3v) is 2.51. The zero-order valence-electron chi connectivity index (χ0n) is 9.02. The van der Waals surface area contributed by atoms with Gasteiger partial charge in [0.25, 0.3) is 0 Å². The highest BCUT2D eigenvalue weighted by molar-refractivity contribution is 6.31. The van der Waals surface area contributed by atoms with Crippen molar-refractivity contribution in [1.82, 2.24) is 4.98 Å². The molecule has 18 heavy (non-hydrogen) atoms. The van der Waals surface area contributed by atoms with Gasteiger partial charge in [-0.2, -0.15) is 0 Å². The molecule has 0 amide bonds. The summed E-state index contributed by atoms with van der Waals surface area (Å²) in [4.78, 5) is 14.9. The van der Waals surface area contributed by atoms with Crippen molar-refractivity contribution in [3.05, 3.63) is 52.9 Å². The standard InChI is InChI=1S/C12H8ClFN2O2/c13-9-6-7(3-4-10(9)14)16-11-8(12(17)18)2-1-5-15-11/h1-6H,(H,15,16)(H,17,18). The number of hydrogen-bond donors (Lipinski definition) is 2. The molecule has 0 bridgehead atoms. The first-order valence-corrected chi connectivity index (χ1v) is 5.36. The fourth-order valence-corrected chi connectivity index (χ4v) is 1.57. The fourth-order valence-electron chi connectivity index (χ4n) is 1.39. The van der Waals surface area contributed by atoms with E-state index in [1.54, 1.807) is 0 Å². The van der Waals surface area contributed by atoms with Crippen LogP contribution in [0.25, 0.3) is 0 Å². The SMILES string of the molecule is O=C(O)c1cccnc1Nc1ccc(F)c(Cl)c1. The number of carboxylic acid groups (broad SMARTS) is 1. The smallest absolute Gasteiger partial charge is 0.339 e. The number of nitrogens with one attached hydrogen (secondary N) is 1. The number of anilines is 2. The first-order chi connectivity index (χ1) is 8.58. The van der Waals surface area contributed by atoms with E-state index in [0.29, 0.717) is 5.69 Å². The summed E-state index contributed by atoms with van der Waals surface area (Å²) in [5, 5.41) is 11.7. The molecule has 0 radical (unpaired) electrons. The number of aromatic carboxylic acids is 1. The molecular weight excluding hydrogens is 259 g/mol. The number of aromatic nitrogens is 1. The van der Waals surface area contributed by atoms with Crippen LogP contribution in [0.3, 0.4) is 0 Å². The fraction of sp³-hybridized carbons (Fsp3) is 0. The van der Waals surface area contributed by atoms with Crippen LogP contribution in [-0.2, 0) is 0 Å². The summed E-state index contributed by atoms with van der Waals surface area (Å²) >= 11 is 5.63. The Morgan fingerprint density at radius 1 is 1.39 bits per heavy atom. The van der Waals surface area contributed by atoms with Crippen LogP contribution in [0.5, 0.6) is 0 Å². The van der Waals surface area contributed by atoms with Gasteiger partial charge in [-0.15, -0.1) is 0 Å². The number of benzene rings is 1. The van der Waals surface area contributed by atoms with Crippen molar-refractivity contribution >= 4 is 29.1 Å². The molecule has 4 nitrogen and oxygen atoms in total. The first kappa shape index (κ1) is 12.3. The normalized spacial score (nSPS) is 10.1. The zero-order chi connectivity index (χ0) is 13.1. The minimum atomic E-state index is -1.10. The number of hydrogen-bond acceptors (Lipinski definition) is 3. The lowest BCUT2D eigenvalue weighted by molar-refractivity contribution is 0.0697. The third kappa shape index (κ3) is 2.57. The number of carbonyl (C=O) groups is 1. The number of carboxylic acids is 1. The van der Waals surface area contributed by atoms with Crippen LogP contribution < -0.4 is 5.32 Å². The Labute approximate surface area is 107 Å². The molecule has 1 heterocycles. The highest BCUT2D eigenvalue weighted by atomic mass is 35.5. The quantitative estimate of drug-likeness (QED) is 0.895. The van der Waals surface area contributed by atoms with Gasteiger partial charge in [-0.25, -0.2) is 14.2 Å². The Kier molecular flexibility index (Phi) is 3.43. The number of halogens is 2. The van der Waals surface area contributed by atoms with Crippen LogP contribution in [0, 0.1) is 5.82 Å². The molecular formula is C12H8ClFN2O2. The highest BCUT2D eigenvalue weighted by Crippen LogP contribution is 2.23. The Hall–Kier alpha value is -2.14. The van der Waals surface area contributed by atoms with Crippen LogP contribution in [0.15, 0.2) is 36.5 Å². The molecule has 0 aliphatic carbocycles. The predicted molar refractivity (Wildman–Crippen MR) is 65.9 cm³/mol. The number of rotatable bonds is 3. The molecule has 0 unspecified atom stereocenters. The van der Waals surface area contributed by atoms with Crippen molar-refractivity contribution in [2.45, 2.75) is 0 Å². The van der Waals surface area contributed by atoms with E-state index < -0.39 is 11.8 Å². The van der Waals surface area contributed by atoms with Gasteiger partial charge >= 0.3 is 5.97 Å². The van der Waals surface area contributed by atoms with Crippen molar-refractivity contribution in [3.8, 4) is 0 Å². The van der Waals surface area contributed by atoms with E-state index in [0.717, 1.165) is 0 Å². The van der Waals surface area contributed by atoms with Gasteiger partial charge in [0.15, 0.2) is 0 Å². The van der Waals surface area contributed by atoms with E-state index in [9.17, 15) is 9.18 Å². The van der Waals surface area contributed by atoms with Crippen LogP contribution in [-0.4, -0.2) is 16.1 Å². The molecule has 1 aromatic heterocycles. The maximum Gasteiger partial charge on any atom is 0.339 e. The van der Waals surface area contributed by atoms with Gasteiger partial charge in [-0.3, -0.25) is 0 Å². The van der Waals surface area contributed by atoms with Crippen molar-refractivity contribution in [2.24, 2.45) is 0 Å². The van der Waals surface area contributed by atoms with Crippen molar-refractivity contribution in [2.75, 3.05) is 5.32 Å². The second kappa shape index (κ2) is 5.01. The summed E-state index contributed by atoms with van der Waals surface area (Å²) < 4.78 is 13.0. The van der Waals surface area contributed by atoms with Gasteiger partial charge in [0.1, 0.15) is 17.2 Å². The first-order valence-electron chi connectivity index (χ1n) is 4.98. The molecule has 92 valence electrons. The topological polar surface area (TPSA) is 62.2 Å². The lowest BCUT2D eigenvalue weighted by Gasteiger charge is -2.08. The average molecular weight is 267 g/mol. The molecule has 2 rings (SSSR count). The van der Waals surface area contributed by atoms with E-state index in [1.807, 2.05) is 0 Å². The van der Waals surface area contributed by atoms with Crippen LogP contribution in [0.1, 0.15) is 10.4 Å². The van der Waals surface area contributed by atoms with E-state index in [2.05, 4.69) is 10.3 Å². The Bertz CT molecular complexity index is 604. The van der Waals surface area contributed by atoms with E-state index in [-0.39, 0.29) is 16.4 Å². The number of nitrogens with zero attached hydrogens (tertiary/aromatic N) is 1. The Morgan fingerprint density at radius 3 is 2.83 bits per heavy atom. The summed E-state index contributed by atoms with van der Waals surface area (Å²) in [6.45, 7) is 0. The lowest BCUT2D eigenvalue weighted by atomic mass is 10.2. The summed E-state index contributed by atoms with van der Waals surface area (Å²) in [5.41, 5.74) is 0.487. The molecule has 2 N–H and O–H groups in total. The molecule has 1 aromatic carbocycles. The second-order valence-corrected chi connectivity index (χ2v) is 3.87. The van der Waals surface area contributed by atoms with Gasteiger partial charge in [0, 0.05) is 11.9 Å². The van der Waals surface area contributed by atoms with Gasteiger partial charge in [-0.1, -0.05) is 11.6 Å². The zero-order valence-corrected chi connectivity index (χ0v) is 9.78. The summed E-state index contributed by atoms with van der Waals surface area (Å²) in [6.07, 6.45) is 1.46. The Morgan fingerprint density at radius 2 is 2.17 bits per heavy atom. The van der Waals surface area contributed by atoms with Gasteiger partial charge in [-0.05, 0) is 30.3 Å². The summed E-state index contributed by atoms with van der Waals surface area (Å²) in [5.74, 6) is -1.46. The third-order valence-electron chi connectivity index (χ3n) is 2.22. The van der Waals surface area contributed by atoms with Gasteiger partial charge < -0.3 is 10.4 Å². The van der Waals surface area contributed by atoms with Crippen LogP contribution in [0.4, 0.5) is 15.9 Å². The molecule has 6 heteroatoms. The molecule has 2 aromatic rings. The molecule has 0 saturated carbocycles. The lowest BCUT2D eigenvalue weighted by Crippen LogP contribution is -2.04. The molecule has 0 spiro atoms. The molecule has 0 fully saturated rings. The van der Waals surface area contributed by atoms with Crippen molar-refractivity contribution < 1.29 is 14.3 Å². The highest BCUT2D eigenvalue weighted by Gasteiger charge is 2.11. The maximum absolute atomic E-state index is 13.0. The summed E-state index contributed by atoms with van der Waals surface area (Å²) in [6, 6.07) is 6.93. The average Bonchev–Trinajstić information content (AvgIpc) is 2.34. The van der Waals surface area contributed by atoms with Crippen LogP contribution >= 0.6 is 11.6 Å². The van der Waals surface area contributed by atoms with Gasteiger partial charge in [0.2, 0.25) is 0 Å². The maximum atomic E-state index is 13.0. The second-order valence-electron chi connectivity index (χ2n) is 3.46. The largest absolute Gasteiger partial charge is 0.478 e. The summed E-state index contributed by atoms with van der Waals surface area (Å²) in [7, 11) is 0. The molecule has 0 aliphatic rings. The molecule has 0 aliphatic heterocycles. The molecule has 0 saturated heterocycles. The molecule has 0 atom stereocenters. The van der Waals surface area contributed by atoms with Crippen LogP contribution in [0.2, 0.25) is 5.02 Å².